The highest BCUT2D eigenvalue weighted by atomic mass is 32.1. The van der Waals surface area contributed by atoms with Crippen LogP contribution in [-0.4, -0.2) is 40.5 Å². The molecule has 1 amide bonds. The van der Waals surface area contributed by atoms with Gasteiger partial charge in [0.1, 0.15) is 16.5 Å². The Morgan fingerprint density at radius 1 is 1.36 bits per heavy atom. The number of carbonyl (C=O) groups excluding carboxylic acids is 1. The van der Waals surface area contributed by atoms with Crippen molar-refractivity contribution in [2.45, 2.75) is 6.92 Å². The molecule has 116 valence electrons. The summed E-state index contributed by atoms with van der Waals surface area (Å²) in [5.74, 6) is -2.27. The molecular formula is C15H15FN2O3S. The fourth-order valence-electron chi connectivity index (χ4n) is 1.86. The fraction of sp³-hybridized carbons (Fsp3) is 0.267. The largest absolute Gasteiger partial charge is 0.481 e. The number of carbonyl (C=O) groups is 2. The van der Waals surface area contributed by atoms with Crippen LogP contribution in [0.25, 0.3) is 10.6 Å². The molecule has 1 aromatic carbocycles. The fourth-order valence-corrected chi connectivity index (χ4v) is 2.66. The maximum atomic E-state index is 12.9. The molecule has 5 nitrogen and oxygen atoms in total. The first-order valence-corrected chi connectivity index (χ1v) is 7.46. The Balaban J connectivity index is 2.12. The lowest BCUT2D eigenvalue weighted by molar-refractivity contribution is -0.141. The zero-order valence-electron chi connectivity index (χ0n) is 12.1. The normalized spacial score (nSPS) is 12.0. The molecule has 0 spiro atoms. The molecule has 0 aliphatic heterocycles. The zero-order chi connectivity index (χ0) is 16.3. The first-order valence-electron chi connectivity index (χ1n) is 6.58. The summed E-state index contributed by atoms with van der Waals surface area (Å²) in [6.45, 7) is 1.65. The van der Waals surface area contributed by atoms with Crippen molar-refractivity contribution >= 4 is 23.2 Å². The van der Waals surface area contributed by atoms with E-state index in [0.29, 0.717) is 5.01 Å². The van der Waals surface area contributed by atoms with E-state index in [-0.39, 0.29) is 24.0 Å². The van der Waals surface area contributed by atoms with Crippen LogP contribution >= 0.6 is 11.3 Å². The Morgan fingerprint density at radius 3 is 2.59 bits per heavy atom. The molecule has 22 heavy (non-hydrogen) atoms. The minimum absolute atomic E-state index is 0.109. The molecule has 0 aliphatic rings. The SMILES string of the molecule is CC(CN(C)C(=O)c1csc(-c2ccc(F)cc2)n1)C(=O)O. The third-order valence-electron chi connectivity index (χ3n) is 3.13. The van der Waals surface area contributed by atoms with E-state index < -0.39 is 11.9 Å². The van der Waals surface area contributed by atoms with Crippen molar-refractivity contribution < 1.29 is 19.1 Å². The van der Waals surface area contributed by atoms with Crippen LogP contribution in [0.5, 0.6) is 0 Å². The van der Waals surface area contributed by atoms with Gasteiger partial charge in [-0.3, -0.25) is 9.59 Å². The summed E-state index contributed by atoms with van der Waals surface area (Å²) in [6, 6.07) is 5.86. The van der Waals surface area contributed by atoms with Crippen molar-refractivity contribution in [1.82, 2.24) is 9.88 Å². The molecule has 1 unspecified atom stereocenters. The van der Waals surface area contributed by atoms with Crippen molar-refractivity contribution in [2.24, 2.45) is 5.92 Å². The first-order chi connectivity index (χ1) is 10.4. The molecule has 1 aromatic heterocycles. The molecule has 0 fully saturated rings. The Morgan fingerprint density at radius 2 is 2.00 bits per heavy atom. The van der Waals surface area contributed by atoms with Crippen LogP contribution in [0.1, 0.15) is 17.4 Å². The van der Waals surface area contributed by atoms with Crippen molar-refractivity contribution in [1.29, 1.82) is 0 Å². The molecule has 0 saturated carbocycles. The molecule has 2 rings (SSSR count). The third-order valence-corrected chi connectivity index (χ3v) is 4.02. The minimum atomic E-state index is -0.954. The highest BCUT2D eigenvalue weighted by molar-refractivity contribution is 7.13. The second-order valence-electron chi connectivity index (χ2n) is 4.97. The van der Waals surface area contributed by atoms with E-state index in [1.807, 2.05) is 0 Å². The third kappa shape index (κ3) is 3.67. The topological polar surface area (TPSA) is 70.5 Å². The van der Waals surface area contributed by atoms with Crippen molar-refractivity contribution in [2.75, 3.05) is 13.6 Å². The maximum absolute atomic E-state index is 12.9. The Hall–Kier alpha value is -2.28. The van der Waals surface area contributed by atoms with Gasteiger partial charge in [0.05, 0.1) is 5.92 Å². The predicted molar refractivity (Wildman–Crippen MR) is 81.3 cm³/mol. The quantitative estimate of drug-likeness (QED) is 0.919. The summed E-state index contributed by atoms with van der Waals surface area (Å²) in [6.07, 6.45) is 0. The van der Waals surface area contributed by atoms with Crippen LogP contribution in [0.2, 0.25) is 0 Å². The van der Waals surface area contributed by atoms with E-state index in [1.165, 1.54) is 35.3 Å². The number of aromatic nitrogens is 1. The number of amides is 1. The Labute approximate surface area is 131 Å². The van der Waals surface area contributed by atoms with Gasteiger partial charge in [0, 0.05) is 24.5 Å². The van der Waals surface area contributed by atoms with Crippen LogP contribution in [0.3, 0.4) is 0 Å². The van der Waals surface area contributed by atoms with Crippen LogP contribution in [0.15, 0.2) is 29.6 Å². The van der Waals surface area contributed by atoms with Gasteiger partial charge in [0.25, 0.3) is 5.91 Å². The smallest absolute Gasteiger partial charge is 0.308 e. The summed E-state index contributed by atoms with van der Waals surface area (Å²) >= 11 is 1.28. The average molecular weight is 322 g/mol. The number of rotatable bonds is 5. The Bertz CT molecular complexity index is 684. The maximum Gasteiger partial charge on any atom is 0.308 e. The van der Waals surface area contributed by atoms with Gasteiger partial charge in [-0.05, 0) is 24.3 Å². The number of halogens is 1. The van der Waals surface area contributed by atoms with Crippen LogP contribution < -0.4 is 0 Å². The molecule has 0 radical (unpaired) electrons. The molecule has 1 heterocycles. The van der Waals surface area contributed by atoms with Crippen molar-refractivity contribution in [3.05, 3.63) is 41.2 Å². The second-order valence-corrected chi connectivity index (χ2v) is 5.83. The number of hydrogen-bond donors (Lipinski definition) is 1. The molecule has 1 atom stereocenters. The number of aliphatic carboxylic acids is 1. The lowest BCUT2D eigenvalue weighted by atomic mass is 10.2. The van der Waals surface area contributed by atoms with Crippen LogP contribution in [-0.2, 0) is 4.79 Å². The lowest BCUT2D eigenvalue weighted by Crippen LogP contribution is -2.33. The van der Waals surface area contributed by atoms with E-state index in [0.717, 1.165) is 5.56 Å². The summed E-state index contributed by atoms with van der Waals surface area (Å²) in [5.41, 5.74) is 0.983. The summed E-state index contributed by atoms with van der Waals surface area (Å²) in [7, 11) is 1.54. The highest BCUT2D eigenvalue weighted by Gasteiger charge is 2.20. The van der Waals surface area contributed by atoms with Gasteiger partial charge in [-0.2, -0.15) is 0 Å². The van der Waals surface area contributed by atoms with E-state index in [2.05, 4.69) is 4.98 Å². The molecule has 0 saturated heterocycles. The van der Waals surface area contributed by atoms with E-state index in [4.69, 9.17) is 5.11 Å². The molecule has 7 heteroatoms. The van der Waals surface area contributed by atoms with E-state index in [9.17, 15) is 14.0 Å². The standard InChI is InChI=1S/C15H15FN2O3S/c1-9(15(20)21)7-18(2)14(19)12-8-22-13(17-12)10-3-5-11(16)6-4-10/h3-6,8-9H,7H2,1-2H3,(H,20,21). The number of nitrogens with zero attached hydrogens (tertiary/aromatic N) is 2. The molecule has 2 aromatic rings. The lowest BCUT2D eigenvalue weighted by Gasteiger charge is -2.18. The predicted octanol–water partition coefficient (Wildman–Crippen LogP) is 2.74. The van der Waals surface area contributed by atoms with Crippen molar-refractivity contribution in [3.63, 3.8) is 0 Å². The molecule has 0 aliphatic carbocycles. The van der Waals surface area contributed by atoms with Crippen molar-refractivity contribution in [3.8, 4) is 10.6 Å². The first kappa shape index (κ1) is 16.1. The second kappa shape index (κ2) is 6.65. The number of carboxylic acids is 1. The average Bonchev–Trinajstić information content (AvgIpc) is 2.96. The monoisotopic (exact) mass is 322 g/mol. The summed E-state index contributed by atoms with van der Waals surface area (Å²) in [4.78, 5) is 28.6. The zero-order valence-corrected chi connectivity index (χ0v) is 12.9. The summed E-state index contributed by atoms with van der Waals surface area (Å²) < 4.78 is 12.9. The number of benzene rings is 1. The van der Waals surface area contributed by atoms with Gasteiger partial charge < -0.3 is 10.0 Å². The number of carboxylic acid groups (broad SMARTS) is 1. The molecule has 0 bridgehead atoms. The number of thiazole rings is 1. The van der Waals surface area contributed by atoms with E-state index in [1.54, 1.807) is 24.6 Å². The Kier molecular flexibility index (Phi) is 4.87. The summed E-state index contributed by atoms with van der Waals surface area (Å²) in [5, 5.41) is 11.1. The van der Waals surface area contributed by atoms with E-state index >= 15 is 0 Å². The number of hydrogen-bond acceptors (Lipinski definition) is 4. The van der Waals surface area contributed by atoms with Gasteiger partial charge >= 0.3 is 5.97 Å². The highest BCUT2D eigenvalue weighted by Crippen LogP contribution is 2.24. The van der Waals surface area contributed by atoms with Gasteiger partial charge in [-0.15, -0.1) is 11.3 Å². The van der Waals surface area contributed by atoms with Crippen LogP contribution in [0.4, 0.5) is 4.39 Å². The van der Waals surface area contributed by atoms with Gasteiger partial charge in [-0.25, -0.2) is 9.37 Å². The minimum Gasteiger partial charge on any atom is -0.481 e. The van der Waals surface area contributed by atoms with Gasteiger partial charge in [0.2, 0.25) is 0 Å². The van der Waals surface area contributed by atoms with Crippen LogP contribution in [0, 0.1) is 11.7 Å². The molecule has 1 N–H and O–H groups in total. The van der Waals surface area contributed by atoms with Gasteiger partial charge in [-0.1, -0.05) is 6.92 Å². The molecular weight excluding hydrogens is 307 g/mol. The van der Waals surface area contributed by atoms with Gasteiger partial charge in [0.15, 0.2) is 0 Å².